The molecule has 4 rings (SSSR count). The van der Waals surface area contributed by atoms with Crippen molar-refractivity contribution in [3.05, 3.63) is 0 Å². The molecule has 96 valence electrons. The molecule has 0 saturated heterocycles. The van der Waals surface area contributed by atoms with Gasteiger partial charge >= 0.3 is 0 Å². The van der Waals surface area contributed by atoms with E-state index >= 15 is 0 Å². The van der Waals surface area contributed by atoms with Crippen LogP contribution in [-0.2, 0) is 4.79 Å². The second-order valence-corrected chi connectivity index (χ2v) is 7.35. The Morgan fingerprint density at radius 2 is 1.76 bits per heavy atom. The summed E-state index contributed by atoms with van der Waals surface area (Å²) in [5.41, 5.74) is 0.136. The van der Waals surface area contributed by atoms with E-state index in [0.29, 0.717) is 5.78 Å². The highest BCUT2D eigenvalue weighted by Crippen LogP contribution is 2.64. The highest BCUT2D eigenvalue weighted by molar-refractivity contribution is 5.85. The summed E-state index contributed by atoms with van der Waals surface area (Å²) >= 11 is 0. The molecular weight excluding hydrogens is 208 g/mol. The summed E-state index contributed by atoms with van der Waals surface area (Å²) in [6.07, 6.45) is 7.32. The van der Waals surface area contributed by atoms with Crippen LogP contribution in [0.15, 0.2) is 0 Å². The van der Waals surface area contributed by atoms with Crippen molar-refractivity contribution >= 4 is 5.78 Å². The molecule has 2 atom stereocenters. The molecule has 0 N–H and O–H groups in total. The van der Waals surface area contributed by atoms with Crippen molar-refractivity contribution in [3.8, 4) is 0 Å². The van der Waals surface area contributed by atoms with Gasteiger partial charge in [0.05, 0.1) is 0 Å². The van der Waals surface area contributed by atoms with Gasteiger partial charge in [0.2, 0.25) is 0 Å². The van der Waals surface area contributed by atoms with Crippen LogP contribution < -0.4 is 0 Å². The number of hydrogen-bond donors (Lipinski definition) is 0. The van der Waals surface area contributed by atoms with Crippen molar-refractivity contribution < 1.29 is 4.79 Å². The summed E-state index contributed by atoms with van der Waals surface area (Å²) in [4.78, 5) is 12.3. The van der Waals surface area contributed by atoms with Crippen molar-refractivity contribution in [1.29, 1.82) is 0 Å². The molecule has 0 radical (unpaired) electrons. The van der Waals surface area contributed by atoms with Crippen LogP contribution in [0.1, 0.15) is 59.3 Å². The van der Waals surface area contributed by atoms with Crippen LogP contribution in [-0.4, -0.2) is 5.78 Å². The number of hydrogen-bond acceptors (Lipinski definition) is 1. The molecule has 4 aliphatic carbocycles. The summed E-state index contributed by atoms with van der Waals surface area (Å²) < 4.78 is 0. The van der Waals surface area contributed by atoms with Crippen LogP contribution >= 0.6 is 0 Å². The first-order chi connectivity index (χ1) is 8.05. The standard InChI is InChI=1S/C16H26O/c1-4-14(17)16-7-11-5-12(8-16)15(10(2)3)13(6-11)9-16/h10-13,15H,4-9H2,1-3H3. The maximum absolute atomic E-state index is 12.3. The summed E-state index contributed by atoms with van der Waals surface area (Å²) in [5.74, 6) is 4.95. The smallest absolute Gasteiger partial charge is 0.138 e. The Morgan fingerprint density at radius 3 is 2.24 bits per heavy atom. The minimum Gasteiger partial charge on any atom is -0.299 e. The lowest BCUT2D eigenvalue weighted by atomic mass is 9.44. The van der Waals surface area contributed by atoms with Gasteiger partial charge in [-0.25, -0.2) is 0 Å². The first-order valence-corrected chi connectivity index (χ1v) is 7.59. The van der Waals surface area contributed by atoms with Gasteiger partial charge in [-0.05, 0) is 61.7 Å². The third-order valence-corrected chi connectivity index (χ3v) is 6.03. The molecule has 0 aliphatic heterocycles. The minimum atomic E-state index is 0.136. The molecule has 17 heavy (non-hydrogen) atoms. The van der Waals surface area contributed by atoms with Gasteiger partial charge in [-0.2, -0.15) is 0 Å². The first kappa shape index (κ1) is 11.7. The van der Waals surface area contributed by atoms with Crippen molar-refractivity contribution in [3.63, 3.8) is 0 Å². The molecule has 0 aromatic rings. The van der Waals surface area contributed by atoms with E-state index in [1.807, 2.05) is 0 Å². The maximum atomic E-state index is 12.3. The van der Waals surface area contributed by atoms with E-state index in [1.54, 1.807) is 0 Å². The third-order valence-electron chi connectivity index (χ3n) is 6.03. The number of rotatable bonds is 3. The molecule has 0 spiro atoms. The predicted molar refractivity (Wildman–Crippen MR) is 69.6 cm³/mol. The molecule has 1 nitrogen and oxygen atoms in total. The van der Waals surface area contributed by atoms with Crippen LogP contribution in [0.5, 0.6) is 0 Å². The quantitative estimate of drug-likeness (QED) is 0.719. The van der Waals surface area contributed by atoms with Gasteiger partial charge < -0.3 is 0 Å². The van der Waals surface area contributed by atoms with Crippen molar-refractivity contribution in [2.75, 3.05) is 0 Å². The molecule has 0 heterocycles. The Bertz CT molecular complexity index is 314. The van der Waals surface area contributed by atoms with Gasteiger partial charge in [0.15, 0.2) is 0 Å². The normalized spacial score (nSPS) is 47.8. The Balaban J connectivity index is 1.89. The average molecular weight is 234 g/mol. The number of carbonyl (C=O) groups excluding carboxylic acids is 1. The zero-order valence-electron chi connectivity index (χ0n) is 11.5. The Morgan fingerprint density at radius 1 is 1.18 bits per heavy atom. The molecule has 4 fully saturated rings. The molecule has 0 amide bonds. The van der Waals surface area contributed by atoms with E-state index in [-0.39, 0.29) is 5.41 Å². The highest BCUT2D eigenvalue weighted by atomic mass is 16.1. The summed E-state index contributed by atoms with van der Waals surface area (Å²) in [5, 5.41) is 0. The fourth-order valence-electron chi connectivity index (χ4n) is 5.87. The molecule has 4 saturated carbocycles. The molecule has 0 aromatic carbocycles. The van der Waals surface area contributed by atoms with E-state index in [4.69, 9.17) is 0 Å². The van der Waals surface area contributed by atoms with Gasteiger partial charge in [0.1, 0.15) is 5.78 Å². The predicted octanol–water partition coefficient (Wildman–Crippen LogP) is 4.06. The number of ketones is 1. The summed E-state index contributed by atoms with van der Waals surface area (Å²) in [6.45, 7) is 6.84. The van der Waals surface area contributed by atoms with Gasteiger partial charge in [-0.15, -0.1) is 0 Å². The molecule has 2 unspecified atom stereocenters. The van der Waals surface area contributed by atoms with Gasteiger partial charge in [0, 0.05) is 11.8 Å². The van der Waals surface area contributed by atoms with Crippen LogP contribution in [0.4, 0.5) is 0 Å². The fraction of sp³-hybridized carbons (Fsp3) is 0.938. The minimum absolute atomic E-state index is 0.136. The Hall–Kier alpha value is -0.330. The third kappa shape index (κ3) is 1.61. The maximum Gasteiger partial charge on any atom is 0.138 e. The number of Topliss-reactive ketones (excluding diaryl/α,β-unsaturated/α-hetero) is 1. The summed E-state index contributed by atoms with van der Waals surface area (Å²) in [7, 11) is 0. The van der Waals surface area contributed by atoms with Crippen molar-refractivity contribution in [1.82, 2.24) is 0 Å². The molecule has 1 heteroatoms. The lowest BCUT2D eigenvalue weighted by Gasteiger charge is -2.60. The Labute approximate surface area is 105 Å². The van der Waals surface area contributed by atoms with E-state index in [9.17, 15) is 4.79 Å². The van der Waals surface area contributed by atoms with Crippen LogP contribution in [0, 0.1) is 35.0 Å². The van der Waals surface area contributed by atoms with Gasteiger partial charge in [-0.1, -0.05) is 20.8 Å². The second kappa shape index (κ2) is 3.83. The van der Waals surface area contributed by atoms with E-state index in [0.717, 1.165) is 36.0 Å². The second-order valence-electron chi connectivity index (χ2n) is 7.35. The monoisotopic (exact) mass is 234 g/mol. The van der Waals surface area contributed by atoms with Crippen LogP contribution in [0.25, 0.3) is 0 Å². The van der Waals surface area contributed by atoms with Crippen molar-refractivity contribution in [2.45, 2.75) is 59.3 Å². The zero-order chi connectivity index (χ0) is 12.2. The fourth-order valence-corrected chi connectivity index (χ4v) is 5.87. The lowest BCUT2D eigenvalue weighted by Crippen LogP contribution is -2.55. The summed E-state index contributed by atoms with van der Waals surface area (Å²) in [6, 6.07) is 0. The highest BCUT2D eigenvalue weighted by Gasteiger charge is 2.57. The van der Waals surface area contributed by atoms with Gasteiger partial charge in [-0.3, -0.25) is 4.79 Å². The lowest BCUT2D eigenvalue weighted by molar-refractivity contribution is -0.153. The van der Waals surface area contributed by atoms with Gasteiger partial charge in [0.25, 0.3) is 0 Å². The molecule has 4 aliphatic rings. The average Bonchev–Trinajstić information content (AvgIpc) is 2.25. The van der Waals surface area contributed by atoms with E-state index in [1.165, 1.54) is 32.1 Å². The van der Waals surface area contributed by atoms with E-state index in [2.05, 4.69) is 20.8 Å². The van der Waals surface area contributed by atoms with Crippen LogP contribution in [0.2, 0.25) is 0 Å². The molecule has 4 bridgehead atoms. The zero-order valence-corrected chi connectivity index (χ0v) is 11.5. The van der Waals surface area contributed by atoms with E-state index < -0.39 is 0 Å². The topological polar surface area (TPSA) is 17.1 Å². The molecular formula is C16H26O. The first-order valence-electron chi connectivity index (χ1n) is 7.59. The Kier molecular flexibility index (Phi) is 2.65. The largest absolute Gasteiger partial charge is 0.299 e. The SMILES string of the molecule is CCC(=O)C12CC3CC(C1)C(C(C)C)C(C3)C2. The van der Waals surface area contributed by atoms with Crippen LogP contribution in [0.3, 0.4) is 0 Å². The number of carbonyl (C=O) groups is 1. The molecule has 0 aromatic heterocycles. The van der Waals surface area contributed by atoms with Crippen molar-refractivity contribution in [2.24, 2.45) is 35.0 Å².